The van der Waals surface area contributed by atoms with Gasteiger partial charge in [0.1, 0.15) is 0 Å². The third kappa shape index (κ3) is 10.2. The molecule has 5 rings (SSSR count). The van der Waals surface area contributed by atoms with E-state index in [2.05, 4.69) is 43.5 Å². The van der Waals surface area contributed by atoms with E-state index in [9.17, 15) is 31.2 Å². The third-order valence-corrected chi connectivity index (χ3v) is 10.00. The van der Waals surface area contributed by atoms with Crippen LogP contribution < -0.4 is 10.6 Å². The van der Waals surface area contributed by atoms with E-state index in [0.29, 0.717) is 22.3 Å². The summed E-state index contributed by atoms with van der Waals surface area (Å²) in [6, 6.07) is 31.2. The van der Waals surface area contributed by atoms with E-state index in [1.165, 1.54) is 29.8 Å². The number of benzene rings is 5. The number of aryl methyl sites for hydroxylation is 2. The Morgan fingerprint density at radius 3 is 1.91 bits per heavy atom. The number of carbonyl (C=O) groups excluding carboxylic acids is 2. The van der Waals surface area contributed by atoms with Crippen LogP contribution in [-0.4, -0.2) is 37.1 Å². The molecule has 282 valence electrons. The average Bonchev–Trinajstić information content (AvgIpc) is 3.10. The molecule has 11 heteroatoms. The van der Waals surface area contributed by atoms with Gasteiger partial charge in [-0.3, -0.25) is 14.1 Å². The number of anilines is 1. The van der Waals surface area contributed by atoms with E-state index in [-0.39, 0.29) is 35.2 Å². The average molecular weight is 757 g/mol. The van der Waals surface area contributed by atoms with Crippen LogP contribution in [0.4, 0.5) is 18.9 Å². The zero-order valence-electron chi connectivity index (χ0n) is 30.7. The Bertz CT molecular complexity index is 2240. The molecule has 7 nitrogen and oxygen atoms in total. The standard InChI is InChI=1S/C43H43F3N2O5S/c1-27-6-20-36(28(2)24-27)37-21-19-35(26-39(37)43(44,45)46)48-41(50)38(25-29-7-9-33(10-8-29)40(49)47-22-23-54(51,52)53)32-13-11-30(12-14-32)31-15-17-34(18-16-31)42(3,4)5/h6-21,24,26,38H,22-23,25H2,1-5H3,(H,47,49)(H,48,50)(H,51,52,53). The van der Waals surface area contributed by atoms with Crippen molar-refractivity contribution in [1.29, 1.82) is 0 Å². The molecule has 0 bridgehead atoms. The molecule has 3 N–H and O–H groups in total. The molecule has 0 aliphatic carbocycles. The highest BCUT2D eigenvalue weighted by Crippen LogP contribution is 2.40. The van der Waals surface area contributed by atoms with Crippen LogP contribution in [0.1, 0.15) is 70.4 Å². The van der Waals surface area contributed by atoms with Crippen molar-refractivity contribution in [1.82, 2.24) is 5.32 Å². The zero-order valence-corrected chi connectivity index (χ0v) is 31.5. The van der Waals surface area contributed by atoms with Crippen molar-refractivity contribution in [3.63, 3.8) is 0 Å². The second-order valence-corrected chi connectivity index (χ2v) is 16.1. The van der Waals surface area contributed by atoms with Crippen LogP contribution in [0, 0.1) is 13.8 Å². The van der Waals surface area contributed by atoms with Gasteiger partial charge in [0.05, 0.1) is 17.2 Å². The first-order valence-electron chi connectivity index (χ1n) is 17.4. The van der Waals surface area contributed by atoms with Gasteiger partial charge >= 0.3 is 6.18 Å². The molecule has 2 amide bonds. The number of carbonyl (C=O) groups is 2. The molecule has 0 spiro atoms. The summed E-state index contributed by atoms with van der Waals surface area (Å²) < 4.78 is 74.3. The maximum atomic E-state index is 14.5. The molecule has 1 atom stereocenters. The fourth-order valence-corrected chi connectivity index (χ4v) is 6.65. The van der Waals surface area contributed by atoms with Crippen molar-refractivity contribution >= 4 is 27.6 Å². The summed E-state index contributed by atoms with van der Waals surface area (Å²) in [6.07, 6.45) is -4.53. The Morgan fingerprint density at radius 2 is 1.35 bits per heavy atom. The molecule has 0 aliphatic rings. The molecule has 0 aliphatic heterocycles. The van der Waals surface area contributed by atoms with Crippen LogP contribution in [0.2, 0.25) is 0 Å². The molecule has 5 aromatic rings. The smallest absolute Gasteiger partial charge is 0.351 e. The summed E-state index contributed by atoms with van der Waals surface area (Å²) in [6.45, 7) is 9.78. The van der Waals surface area contributed by atoms with E-state index in [1.807, 2.05) is 49.4 Å². The minimum atomic E-state index is -4.69. The molecule has 54 heavy (non-hydrogen) atoms. The summed E-state index contributed by atoms with van der Waals surface area (Å²) in [5.74, 6) is -2.52. The largest absolute Gasteiger partial charge is 0.417 e. The first kappa shape index (κ1) is 39.9. The van der Waals surface area contributed by atoms with Crippen molar-refractivity contribution in [3.8, 4) is 22.3 Å². The maximum Gasteiger partial charge on any atom is 0.417 e. The lowest BCUT2D eigenvalue weighted by molar-refractivity contribution is -0.137. The van der Waals surface area contributed by atoms with Gasteiger partial charge in [-0.25, -0.2) is 0 Å². The lowest BCUT2D eigenvalue weighted by Crippen LogP contribution is -2.28. The van der Waals surface area contributed by atoms with Crippen molar-refractivity contribution < 1.29 is 35.7 Å². The second-order valence-electron chi connectivity index (χ2n) is 14.5. The first-order chi connectivity index (χ1) is 25.3. The quantitative estimate of drug-likeness (QED) is 0.116. The highest BCUT2D eigenvalue weighted by Gasteiger charge is 2.35. The summed E-state index contributed by atoms with van der Waals surface area (Å²) in [5, 5.41) is 5.16. The minimum absolute atomic E-state index is 0.00156. The van der Waals surface area contributed by atoms with Crippen molar-refractivity contribution in [2.24, 2.45) is 0 Å². The topological polar surface area (TPSA) is 113 Å². The number of alkyl halides is 3. The van der Waals surface area contributed by atoms with Crippen LogP contribution in [0.3, 0.4) is 0 Å². The van der Waals surface area contributed by atoms with E-state index in [4.69, 9.17) is 4.55 Å². The van der Waals surface area contributed by atoms with Crippen LogP contribution in [0.15, 0.2) is 109 Å². The lowest BCUT2D eigenvalue weighted by atomic mass is 9.86. The fourth-order valence-electron chi connectivity index (χ4n) is 6.29. The van der Waals surface area contributed by atoms with Gasteiger partial charge in [0.25, 0.3) is 16.0 Å². The summed E-state index contributed by atoms with van der Waals surface area (Å²) in [4.78, 5) is 26.6. The van der Waals surface area contributed by atoms with Crippen LogP contribution in [0.5, 0.6) is 0 Å². The van der Waals surface area contributed by atoms with Crippen LogP contribution in [0.25, 0.3) is 22.3 Å². The second kappa shape index (κ2) is 16.0. The molecule has 0 saturated carbocycles. The van der Waals surface area contributed by atoms with Crippen molar-refractivity contribution in [3.05, 3.63) is 148 Å². The molecule has 0 fully saturated rings. The third-order valence-electron chi connectivity index (χ3n) is 9.28. The monoisotopic (exact) mass is 756 g/mol. The Hall–Kier alpha value is -5.26. The van der Waals surface area contributed by atoms with Gasteiger partial charge in [-0.1, -0.05) is 111 Å². The predicted octanol–water partition coefficient (Wildman–Crippen LogP) is 9.54. The van der Waals surface area contributed by atoms with E-state index in [0.717, 1.165) is 22.8 Å². The number of rotatable bonds is 11. The van der Waals surface area contributed by atoms with Gasteiger partial charge in [0.2, 0.25) is 5.91 Å². The van der Waals surface area contributed by atoms with E-state index >= 15 is 0 Å². The molecular formula is C43H43F3N2O5S. The van der Waals surface area contributed by atoms with Gasteiger partial charge in [-0.05, 0) is 94.5 Å². The maximum absolute atomic E-state index is 14.5. The summed E-state index contributed by atoms with van der Waals surface area (Å²) in [7, 11) is -4.24. The number of hydrogen-bond acceptors (Lipinski definition) is 4. The Labute approximate surface area is 314 Å². The van der Waals surface area contributed by atoms with Gasteiger partial charge in [-0.15, -0.1) is 0 Å². The molecule has 0 radical (unpaired) electrons. The summed E-state index contributed by atoms with van der Waals surface area (Å²) >= 11 is 0. The number of amides is 2. The fraction of sp³-hybridized carbons (Fsp3) is 0.256. The van der Waals surface area contributed by atoms with Gasteiger partial charge in [-0.2, -0.15) is 21.6 Å². The molecule has 5 aromatic carbocycles. The van der Waals surface area contributed by atoms with Gasteiger partial charge in [0, 0.05) is 17.8 Å². The van der Waals surface area contributed by atoms with Gasteiger partial charge in [0.15, 0.2) is 0 Å². The van der Waals surface area contributed by atoms with Crippen molar-refractivity contribution in [2.75, 3.05) is 17.6 Å². The van der Waals surface area contributed by atoms with E-state index < -0.39 is 45.3 Å². The molecule has 0 saturated heterocycles. The Balaban J connectivity index is 1.44. The number of nitrogens with one attached hydrogen (secondary N) is 2. The molecule has 1 unspecified atom stereocenters. The molecular weight excluding hydrogens is 714 g/mol. The van der Waals surface area contributed by atoms with E-state index in [1.54, 1.807) is 31.2 Å². The van der Waals surface area contributed by atoms with Crippen LogP contribution >= 0.6 is 0 Å². The molecule has 0 heterocycles. The van der Waals surface area contributed by atoms with Gasteiger partial charge < -0.3 is 10.6 Å². The number of hydrogen-bond donors (Lipinski definition) is 3. The first-order valence-corrected chi connectivity index (χ1v) is 19.0. The highest BCUT2D eigenvalue weighted by molar-refractivity contribution is 7.85. The number of halogens is 3. The Kier molecular flexibility index (Phi) is 11.8. The zero-order chi connectivity index (χ0) is 39.4. The van der Waals surface area contributed by atoms with Crippen molar-refractivity contribution in [2.45, 2.75) is 58.5 Å². The minimum Gasteiger partial charge on any atom is -0.351 e. The highest BCUT2D eigenvalue weighted by atomic mass is 32.2. The normalized spacial score (nSPS) is 12.6. The summed E-state index contributed by atoms with van der Waals surface area (Å²) in [5.41, 5.74) is 5.89. The Morgan fingerprint density at radius 1 is 0.759 bits per heavy atom. The molecule has 0 aromatic heterocycles. The lowest BCUT2D eigenvalue weighted by Gasteiger charge is -2.21. The SMILES string of the molecule is Cc1ccc(-c2ccc(NC(=O)C(Cc3ccc(C(=O)NCCS(=O)(=O)O)cc3)c3ccc(-c4ccc(C(C)(C)C)cc4)cc3)cc2C(F)(F)F)c(C)c1. The predicted molar refractivity (Wildman–Crippen MR) is 207 cm³/mol. The van der Waals surface area contributed by atoms with Crippen LogP contribution in [-0.2, 0) is 32.9 Å².